The molecule has 2 aromatic carbocycles. The van der Waals surface area contributed by atoms with E-state index in [4.69, 9.17) is 16.3 Å². The van der Waals surface area contributed by atoms with Gasteiger partial charge in [0.2, 0.25) is 0 Å². The van der Waals surface area contributed by atoms with Crippen LogP contribution in [0.1, 0.15) is 31.9 Å². The highest BCUT2D eigenvalue weighted by atomic mass is 35.5. The molecule has 0 aromatic heterocycles. The van der Waals surface area contributed by atoms with Crippen LogP contribution >= 0.6 is 11.6 Å². The van der Waals surface area contributed by atoms with E-state index in [1.54, 1.807) is 20.8 Å². The predicted octanol–water partition coefficient (Wildman–Crippen LogP) is 4.55. The van der Waals surface area contributed by atoms with Crippen molar-refractivity contribution in [1.29, 1.82) is 0 Å². The Balaban J connectivity index is 2.10. The fraction of sp³-hybridized carbons (Fsp3) is 0.409. The molecular formula is C22H28ClNO4. The van der Waals surface area contributed by atoms with Gasteiger partial charge in [-0.1, -0.05) is 42.5 Å². The fourth-order valence-electron chi connectivity index (χ4n) is 3.13. The van der Waals surface area contributed by atoms with Crippen molar-refractivity contribution in [2.75, 3.05) is 5.88 Å². The van der Waals surface area contributed by atoms with Crippen LogP contribution in [-0.4, -0.2) is 44.8 Å². The minimum Gasteiger partial charge on any atom is -0.489 e. The van der Waals surface area contributed by atoms with Crippen molar-refractivity contribution in [2.24, 2.45) is 0 Å². The first-order valence-corrected chi connectivity index (χ1v) is 9.77. The summed E-state index contributed by atoms with van der Waals surface area (Å²) in [4.78, 5) is 13.1. The summed E-state index contributed by atoms with van der Waals surface area (Å²) in [7, 11) is 0. The Hall–Kier alpha value is -2.24. The standard InChI is InChI=1S/C22H28ClNO4/c1-22(2,3)24(21(26)27)19(20(25)14-23)13-16-9-11-18(12-10-16)28-15-17-7-5-4-6-8-17/h4-12,19-20,25H,13-15H2,1-3H3,(H,26,27)/t19-,20+/m0/s1. The first-order chi connectivity index (χ1) is 13.2. The Kier molecular flexibility index (Phi) is 7.72. The monoisotopic (exact) mass is 405 g/mol. The van der Waals surface area contributed by atoms with E-state index in [-0.39, 0.29) is 5.88 Å². The summed E-state index contributed by atoms with van der Waals surface area (Å²) < 4.78 is 5.79. The van der Waals surface area contributed by atoms with Crippen molar-refractivity contribution in [3.05, 3.63) is 65.7 Å². The molecule has 0 saturated heterocycles. The van der Waals surface area contributed by atoms with E-state index in [0.29, 0.717) is 13.0 Å². The van der Waals surface area contributed by atoms with Crippen molar-refractivity contribution in [3.8, 4) is 5.75 Å². The van der Waals surface area contributed by atoms with Crippen molar-refractivity contribution in [1.82, 2.24) is 4.90 Å². The number of alkyl halides is 1. The smallest absolute Gasteiger partial charge is 0.408 e. The molecule has 152 valence electrons. The molecule has 0 aliphatic carbocycles. The second-order valence-electron chi connectivity index (χ2n) is 7.73. The maximum absolute atomic E-state index is 11.8. The van der Waals surface area contributed by atoms with Crippen LogP contribution in [0.2, 0.25) is 0 Å². The molecule has 0 radical (unpaired) electrons. The lowest BCUT2D eigenvalue weighted by molar-refractivity contribution is 0.0158. The number of carbonyl (C=O) groups is 1. The number of halogens is 1. The second-order valence-corrected chi connectivity index (χ2v) is 8.04. The van der Waals surface area contributed by atoms with E-state index < -0.39 is 23.8 Å². The highest BCUT2D eigenvalue weighted by Gasteiger charge is 2.36. The summed E-state index contributed by atoms with van der Waals surface area (Å²) in [5, 5.41) is 20.0. The lowest BCUT2D eigenvalue weighted by Crippen LogP contribution is -2.56. The second kappa shape index (κ2) is 9.80. The number of benzene rings is 2. The fourth-order valence-corrected chi connectivity index (χ4v) is 3.34. The normalized spacial score (nSPS) is 13.6. The summed E-state index contributed by atoms with van der Waals surface area (Å²) in [5.41, 5.74) is 1.32. The summed E-state index contributed by atoms with van der Waals surface area (Å²) in [6.45, 7) is 5.88. The quantitative estimate of drug-likeness (QED) is 0.632. The van der Waals surface area contributed by atoms with Crippen LogP contribution < -0.4 is 4.74 Å². The lowest BCUT2D eigenvalue weighted by Gasteiger charge is -2.41. The summed E-state index contributed by atoms with van der Waals surface area (Å²) >= 11 is 5.85. The zero-order valence-electron chi connectivity index (χ0n) is 16.5. The molecule has 2 N–H and O–H groups in total. The number of aliphatic hydroxyl groups is 1. The third kappa shape index (κ3) is 6.14. The molecule has 2 atom stereocenters. The maximum atomic E-state index is 11.8. The van der Waals surface area contributed by atoms with Gasteiger partial charge in [-0.3, -0.25) is 4.90 Å². The highest BCUT2D eigenvalue weighted by molar-refractivity contribution is 6.18. The Morgan fingerprint density at radius 3 is 2.18 bits per heavy atom. The van der Waals surface area contributed by atoms with Gasteiger partial charge < -0.3 is 14.9 Å². The topological polar surface area (TPSA) is 70.0 Å². The maximum Gasteiger partial charge on any atom is 0.408 e. The Bertz CT molecular complexity index is 743. The Morgan fingerprint density at radius 1 is 1.07 bits per heavy atom. The molecule has 0 heterocycles. The number of nitrogens with zero attached hydrogens (tertiary/aromatic N) is 1. The molecular weight excluding hydrogens is 378 g/mol. The number of hydrogen-bond acceptors (Lipinski definition) is 3. The Morgan fingerprint density at radius 2 is 1.68 bits per heavy atom. The van der Waals surface area contributed by atoms with Gasteiger partial charge in [0, 0.05) is 5.54 Å². The van der Waals surface area contributed by atoms with Gasteiger partial charge in [-0.15, -0.1) is 11.6 Å². The molecule has 0 spiro atoms. The van der Waals surface area contributed by atoms with Gasteiger partial charge in [0.05, 0.1) is 18.0 Å². The van der Waals surface area contributed by atoms with Gasteiger partial charge in [-0.25, -0.2) is 4.79 Å². The zero-order chi connectivity index (χ0) is 20.7. The minimum absolute atomic E-state index is 0.0389. The number of hydrogen-bond donors (Lipinski definition) is 2. The van der Waals surface area contributed by atoms with E-state index in [0.717, 1.165) is 16.9 Å². The average molecular weight is 406 g/mol. The number of ether oxygens (including phenoxy) is 1. The van der Waals surface area contributed by atoms with Crippen LogP contribution in [0, 0.1) is 0 Å². The van der Waals surface area contributed by atoms with Crippen LogP contribution in [0.15, 0.2) is 54.6 Å². The van der Waals surface area contributed by atoms with Crippen molar-refractivity contribution >= 4 is 17.7 Å². The molecule has 2 rings (SSSR count). The molecule has 0 saturated carbocycles. The van der Waals surface area contributed by atoms with Crippen molar-refractivity contribution in [3.63, 3.8) is 0 Å². The first-order valence-electron chi connectivity index (χ1n) is 9.24. The van der Waals surface area contributed by atoms with Crippen LogP contribution in [-0.2, 0) is 13.0 Å². The Labute approximate surface area is 171 Å². The van der Waals surface area contributed by atoms with E-state index in [9.17, 15) is 15.0 Å². The SMILES string of the molecule is CC(C)(C)N(C(=O)O)[C@@H](Cc1ccc(OCc2ccccc2)cc1)[C@H](O)CCl. The summed E-state index contributed by atoms with van der Waals surface area (Å²) in [5.74, 6) is 0.691. The number of amides is 1. The molecule has 0 unspecified atom stereocenters. The lowest BCUT2D eigenvalue weighted by atomic mass is 9.95. The van der Waals surface area contributed by atoms with Gasteiger partial charge >= 0.3 is 6.09 Å². The van der Waals surface area contributed by atoms with Gasteiger partial charge in [-0.2, -0.15) is 0 Å². The number of aliphatic hydroxyl groups excluding tert-OH is 1. The molecule has 0 fully saturated rings. The van der Waals surface area contributed by atoms with Gasteiger partial charge in [0.15, 0.2) is 0 Å². The first kappa shape index (κ1) is 22.1. The summed E-state index contributed by atoms with van der Waals surface area (Å²) in [6.07, 6.45) is -1.69. The van der Waals surface area contributed by atoms with E-state index in [1.807, 2.05) is 54.6 Å². The van der Waals surface area contributed by atoms with Crippen LogP contribution in [0.5, 0.6) is 5.75 Å². The molecule has 6 heteroatoms. The molecule has 2 aromatic rings. The van der Waals surface area contributed by atoms with Crippen LogP contribution in [0.3, 0.4) is 0 Å². The largest absolute Gasteiger partial charge is 0.489 e. The van der Waals surface area contributed by atoms with Gasteiger partial charge in [0.1, 0.15) is 12.4 Å². The molecule has 28 heavy (non-hydrogen) atoms. The molecule has 0 bridgehead atoms. The van der Waals surface area contributed by atoms with Crippen LogP contribution in [0.4, 0.5) is 4.79 Å². The molecule has 0 aliphatic heterocycles. The molecule has 1 amide bonds. The summed E-state index contributed by atoms with van der Waals surface area (Å²) in [6, 6.07) is 16.7. The highest BCUT2D eigenvalue weighted by Crippen LogP contribution is 2.24. The van der Waals surface area contributed by atoms with Crippen molar-refractivity contribution in [2.45, 2.75) is 51.5 Å². The molecule has 0 aliphatic rings. The molecule has 5 nitrogen and oxygen atoms in total. The van der Waals surface area contributed by atoms with Gasteiger partial charge in [-0.05, 0) is 50.5 Å². The predicted molar refractivity (Wildman–Crippen MR) is 111 cm³/mol. The number of carboxylic acid groups (broad SMARTS) is 1. The third-order valence-electron chi connectivity index (χ3n) is 4.48. The average Bonchev–Trinajstić information content (AvgIpc) is 2.65. The third-order valence-corrected chi connectivity index (χ3v) is 4.80. The number of rotatable bonds is 8. The van der Waals surface area contributed by atoms with Gasteiger partial charge in [0.25, 0.3) is 0 Å². The van der Waals surface area contributed by atoms with E-state index >= 15 is 0 Å². The minimum atomic E-state index is -1.08. The van der Waals surface area contributed by atoms with E-state index in [2.05, 4.69) is 0 Å². The van der Waals surface area contributed by atoms with E-state index in [1.165, 1.54) is 4.90 Å². The van der Waals surface area contributed by atoms with Crippen molar-refractivity contribution < 1.29 is 19.7 Å². The zero-order valence-corrected chi connectivity index (χ0v) is 17.3. The van der Waals surface area contributed by atoms with Crippen LogP contribution in [0.25, 0.3) is 0 Å².